The molecule has 0 atom stereocenters. The van der Waals surface area contributed by atoms with Crippen molar-refractivity contribution in [3.05, 3.63) is 40.2 Å². The molecule has 0 amide bonds. The van der Waals surface area contributed by atoms with Crippen LogP contribution in [0.2, 0.25) is 0 Å². The van der Waals surface area contributed by atoms with Crippen molar-refractivity contribution in [1.82, 2.24) is 0 Å². The van der Waals surface area contributed by atoms with E-state index in [-0.39, 0.29) is 11.9 Å². The summed E-state index contributed by atoms with van der Waals surface area (Å²) in [4.78, 5) is 19.1. The Morgan fingerprint density at radius 2 is 2.05 bits per heavy atom. The van der Waals surface area contributed by atoms with Gasteiger partial charge in [-0.2, -0.15) is 4.99 Å². The molecule has 110 valence electrons. The lowest BCUT2D eigenvalue weighted by Gasteiger charge is -2.04. The smallest absolute Gasteiger partial charge is 0.336 e. The lowest BCUT2D eigenvalue weighted by Crippen LogP contribution is -2.26. The first-order valence-electron chi connectivity index (χ1n) is 5.99. The van der Waals surface area contributed by atoms with Crippen molar-refractivity contribution in [3.63, 3.8) is 0 Å². The molecular weight excluding hydrogens is 274 g/mol. The Bertz CT molecular complexity index is 775. The molecule has 0 unspecified atom stereocenters. The van der Waals surface area contributed by atoms with Crippen LogP contribution in [0.15, 0.2) is 43.5 Å². The van der Waals surface area contributed by atoms with Gasteiger partial charge in [0.15, 0.2) is 5.96 Å². The minimum atomic E-state index is -0.465. The van der Waals surface area contributed by atoms with Crippen LogP contribution in [-0.2, 0) is 11.3 Å². The number of benzene rings is 1. The summed E-state index contributed by atoms with van der Waals surface area (Å²) >= 11 is 0. The Kier molecular flexibility index (Phi) is 4.19. The van der Waals surface area contributed by atoms with Gasteiger partial charge in [0, 0.05) is 24.6 Å². The van der Waals surface area contributed by atoms with Crippen LogP contribution in [0.1, 0.15) is 5.56 Å². The van der Waals surface area contributed by atoms with E-state index in [4.69, 9.17) is 26.4 Å². The fraction of sp³-hybridized carbons (Fsp3) is 0.154. The second-order valence-electron chi connectivity index (χ2n) is 4.21. The van der Waals surface area contributed by atoms with Gasteiger partial charge < -0.3 is 26.4 Å². The van der Waals surface area contributed by atoms with E-state index in [2.05, 4.69) is 9.98 Å². The SMILES string of the molecule is COCc1cc(=O)oc2cc(N=C(N)N=C(N)N)ccc12. The second kappa shape index (κ2) is 6.06. The first-order chi connectivity index (χ1) is 9.99. The summed E-state index contributed by atoms with van der Waals surface area (Å²) in [5.74, 6) is -0.282. The van der Waals surface area contributed by atoms with Crippen LogP contribution >= 0.6 is 0 Å². The van der Waals surface area contributed by atoms with E-state index in [1.54, 1.807) is 25.3 Å². The maximum Gasteiger partial charge on any atom is 0.336 e. The van der Waals surface area contributed by atoms with Crippen molar-refractivity contribution in [2.45, 2.75) is 6.61 Å². The number of ether oxygens (including phenoxy) is 1. The summed E-state index contributed by atoms with van der Waals surface area (Å²) in [6.07, 6.45) is 0. The van der Waals surface area contributed by atoms with E-state index in [9.17, 15) is 4.79 Å². The Morgan fingerprint density at radius 3 is 2.71 bits per heavy atom. The molecule has 8 nitrogen and oxygen atoms in total. The number of nitrogens with zero attached hydrogens (tertiary/aromatic N) is 2. The minimum Gasteiger partial charge on any atom is -0.423 e. The molecule has 0 fully saturated rings. The third-order valence-electron chi connectivity index (χ3n) is 2.60. The van der Waals surface area contributed by atoms with Crippen molar-refractivity contribution in [2.75, 3.05) is 7.11 Å². The van der Waals surface area contributed by atoms with E-state index in [1.807, 2.05) is 0 Å². The number of rotatable bonds is 3. The Hall–Kier alpha value is -2.87. The van der Waals surface area contributed by atoms with Gasteiger partial charge in [-0.3, -0.25) is 0 Å². The second-order valence-corrected chi connectivity index (χ2v) is 4.21. The molecule has 0 spiro atoms. The van der Waals surface area contributed by atoms with Gasteiger partial charge >= 0.3 is 5.63 Å². The van der Waals surface area contributed by atoms with Crippen LogP contribution in [0.25, 0.3) is 11.0 Å². The number of fused-ring (bicyclic) bond motifs is 1. The maximum absolute atomic E-state index is 11.5. The summed E-state index contributed by atoms with van der Waals surface area (Å²) in [5, 5.41) is 0.760. The van der Waals surface area contributed by atoms with Gasteiger partial charge in [0.2, 0.25) is 5.96 Å². The molecule has 21 heavy (non-hydrogen) atoms. The zero-order valence-electron chi connectivity index (χ0n) is 11.4. The van der Waals surface area contributed by atoms with Crippen LogP contribution in [0.3, 0.4) is 0 Å². The zero-order chi connectivity index (χ0) is 15.4. The average Bonchev–Trinajstić information content (AvgIpc) is 2.37. The van der Waals surface area contributed by atoms with Crippen LogP contribution in [-0.4, -0.2) is 19.0 Å². The van der Waals surface area contributed by atoms with E-state index < -0.39 is 5.63 Å². The van der Waals surface area contributed by atoms with Crippen molar-refractivity contribution in [2.24, 2.45) is 27.2 Å². The summed E-state index contributed by atoms with van der Waals surface area (Å²) < 4.78 is 10.2. The molecule has 0 aliphatic carbocycles. The third-order valence-corrected chi connectivity index (χ3v) is 2.60. The molecule has 0 aliphatic rings. The van der Waals surface area contributed by atoms with E-state index in [1.165, 1.54) is 6.07 Å². The van der Waals surface area contributed by atoms with Crippen molar-refractivity contribution < 1.29 is 9.15 Å². The minimum absolute atomic E-state index is 0.0928. The first kappa shape index (κ1) is 14.5. The number of aliphatic imine (C=N–C) groups is 2. The molecule has 1 aromatic heterocycles. The standard InChI is InChI=1S/C13H15N5O3/c1-20-6-7-4-11(19)21-10-5-8(2-3-9(7)10)17-13(16)18-12(14)15/h2-5H,6H2,1H3,(H6,14,15,16,17,18). The first-order valence-corrected chi connectivity index (χ1v) is 5.99. The van der Waals surface area contributed by atoms with Gasteiger partial charge in [-0.1, -0.05) is 0 Å². The highest BCUT2D eigenvalue weighted by Crippen LogP contribution is 2.23. The number of nitrogens with two attached hydrogens (primary N) is 3. The van der Waals surface area contributed by atoms with Gasteiger partial charge in [-0.05, 0) is 17.7 Å². The van der Waals surface area contributed by atoms with Crippen LogP contribution < -0.4 is 22.8 Å². The molecule has 1 heterocycles. The molecule has 6 N–H and O–H groups in total. The number of hydrogen-bond donors (Lipinski definition) is 3. The number of hydrogen-bond acceptors (Lipinski definition) is 4. The number of methoxy groups -OCH3 is 1. The molecular formula is C13H15N5O3. The molecule has 2 rings (SSSR count). The largest absolute Gasteiger partial charge is 0.423 e. The van der Waals surface area contributed by atoms with Crippen LogP contribution in [0.5, 0.6) is 0 Å². The molecule has 0 saturated heterocycles. The molecule has 2 aromatic rings. The van der Waals surface area contributed by atoms with Gasteiger partial charge in [0.05, 0.1) is 12.3 Å². The highest BCUT2D eigenvalue weighted by molar-refractivity contribution is 5.94. The Labute approximate surface area is 119 Å². The van der Waals surface area contributed by atoms with Gasteiger partial charge in [0.1, 0.15) is 5.58 Å². The summed E-state index contributed by atoms with van der Waals surface area (Å²) in [6.45, 7) is 0.306. The van der Waals surface area contributed by atoms with Crippen molar-refractivity contribution in [3.8, 4) is 0 Å². The molecule has 8 heteroatoms. The quantitative estimate of drug-likeness (QED) is 0.417. The van der Waals surface area contributed by atoms with Gasteiger partial charge in [-0.25, -0.2) is 9.79 Å². The highest BCUT2D eigenvalue weighted by Gasteiger charge is 2.06. The van der Waals surface area contributed by atoms with E-state index in [0.717, 1.165) is 10.9 Å². The van der Waals surface area contributed by atoms with Crippen LogP contribution in [0, 0.1) is 0 Å². The molecule has 0 aliphatic heterocycles. The normalized spacial score (nSPS) is 11.6. The van der Waals surface area contributed by atoms with E-state index in [0.29, 0.717) is 17.9 Å². The molecule has 0 saturated carbocycles. The van der Waals surface area contributed by atoms with Crippen molar-refractivity contribution >= 4 is 28.6 Å². The Morgan fingerprint density at radius 1 is 1.29 bits per heavy atom. The zero-order valence-corrected chi connectivity index (χ0v) is 11.4. The fourth-order valence-electron chi connectivity index (χ4n) is 1.85. The molecule has 0 radical (unpaired) electrons. The topological polar surface area (TPSA) is 142 Å². The molecule has 1 aromatic carbocycles. The van der Waals surface area contributed by atoms with E-state index >= 15 is 0 Å². The highest BCUT2D eigenvalue weighted by atomic mass is 16.5. The summed E-state index contributed by atoms with van der Waals surface area (Å²) in [6, 6.07) is 6.43. The number of guanidine groups is 2. The lowest BCUT2D eigenvalue weighted by atomic mass is 10.1. The third kappa shape index (κ3) is 3.57. The lowest BCUT2D eigenvalue weighted by molar-refractivity contribution is 0.185. The van der Waals surface area contributed by atoms with Crippen LogP contribution in [0.4, 0.5) is 5.69 Å². The van der Waals surface area contributed by atoms with Gasteiger partial charge in [-0.15, -0.1) is 0 Å². The predicted molar refractivity (Wildman–Crippen MR) is 80.3 cm³/mol. The molecule has 0 bridgehead atoms. The average molecular weight is 289 g/mol. The van der Waals surface area contributed by atoms with Crippen molar-refractivity contribution in [1.29, 1.82) is 0 Å². The summed E-state index contributed by atoms with van der Waals surface area (Å²) in [5.41, 5.74) is 17.1. The van der Waals surface area contributed by atoms with Gasteiger partial charge in [0.25, 0.3) is 0 Å². The fourth-order valence-corrected chi connectivity index (χ4v) is 1.85. The summed E-state index contributed by atoms with van der Waals surface area (Å²) in [7, 11) is 1.55. The Balaban J connectivity index is 2.52. The monoisotopic (exact) mass is 289 g/mol. The maximum atomic E-state index is 11.5. The predicted octanol–water partition coefficient (Wildman–Crippen LogP) is 0.159.